The number of methoxy groups -OCH3 is 1. The molecule has 0 aliphatic rings. The summed E-state index contributed by atoms with van der Waals surface area (Å²) in [6.45, 7) is 0. The van der Waals surface area contributed by atoms with Gasteiger partial charge in [0.15, 0.2) is 5.78 Å². The topological polar surface area (TPSA) is 88.3 Å². The molecule has 1 heterocycles. The number of carbonyl (C=O) groups is 3. The maximum Gasteiger partial charge on any atom is 0.296 e. The average molecular weight is 398 g/mol. The summed E-state index contributed by atoms with van der Waals surface area (Å²) < 4.78 is 5.10. The van der Waals surface area contributed by atoms with E-state index < -0.39 is 11.7 Å². The third kappa shape index (κ3) is 3.71. The van der Waals surface area contributed by atoms with Gasteiger partial charge in [-0.2, -0.15) is 0 Å². The minimum absolute atomic E-state index is 0.197. The molecule has 4 rings (SSSR count). The van der Waals surface area contributed by atoms with Gasteiger partial charge in [0.2, 0.25) is 0 Å². The Morgan fingerprint density at radius 1 is 0.867 bits per heavy atom. The van der Waals surface area contributed by atoms with Crippen LogP contribution >= 0.6 is 0 Å². The van der Waals surface area contributed by atoms with E-state index in [4.69, 9.17) is 4.74 Å². The fourth-order valence-corrected chi connectivity index (χ4v) is 3.22. The Hall–Kier alpha value is -4.19. The van der Waals surface area contributed by atoms with Crippen LogP contribution < -0.4 is 10.1 Å². The van der Waals surface area contributed by atoms with Gasteiger partial charge in [-0.3, -0.25) is 14.4 Å². The number of Topliss-reactive ketones (excluding diaryl/α,β-unsaturated/α-hetero) is 1. The van der Waals surface area contributed by atoms with E-state index in [1.54, 1.807) is 67.8 Å². The van der Waals surface area contributed by atoms with Gasteiger partial charge in [-0.1, -0.05) is 30.3 Å². The summed E-state index contributed by atoms with van der Waals surface area (Å²) in [5.41, 5.74) is 2.34. The van der Waals surface area contributed by atoms with Crippen LogP contribution in [-0.4, -0.2) is 29.6 Å². The van der Waals surface area contributed by atoms with E-state index in [0.717, 1.165) is 5.52 Å². The van der Waals surface area contributed by atoms with Crippen molar-refractivity contribution in [3.63, 3.8) is 0 Å². The second kappa shape index (κ2) is 8.05. The van der Waals surface area contributed by atoms with Crippen molar-refractivity contribution in [1.29, 1.82) is 0 Å². The molecule has 0 saturated heterocycles. The standard InChI is InChI=1S/C24H18N2O4/c1-30-18-11-9-15(10-12-18)22(27)16-5-4-6-17(13-16)26-24(29)23(28)20-14-25-21-8-3-2-7-19(20)21/h2-14,25H,1H3,(H,26,29). The zero-order valence-corrected chi connectivity index (χ0v) is 16.1. The van der Waals surface area contributed by atoms with Crippen LogP contribution in [0.4, 0.5) is 5.69 Å². The lowest BCUT2D eigenvalue weighted by Gasteiger charge is -2.07. The lowest BCUT2D eigenvalue weighted by atomic mass is 10.0. The number of fused-ring (bicyclic) bond motifs is 1. The van der Waals surface area contributed by atoms with Gasteiger partial charge in [-0.25, -0.2) is 0 Å². The fourth-order valence-electron chi connectivity index (χ4n) is 3.22. The summed E-state index contributed by atoms with van der Waals surface area (Å²) in [4.78, 5) is 40.8. The molecule has 0 unspecified atom stereocenters. The summed E-state index contributed by atoms with van der Waals surface area (Å²) in [6, 6.07) is 20.5. The molecule has 6 heteroatoms. The predicted octanol–water partition coefficient (Wildman–Crippen LogP) is 4.23. The van der Waals surface area contributed by atoms with E-state index in [1.807, 2.05) is 12.1 Å². The molecule has 1 amide bonds. The number of ether oxygens (including phenoxy) is 1. The monoisotopic (exact) mass is 398 g/mol. The van der Waals surface area contributed by atoms with E-state index >= 15 is 0 Å². The normalized spacial score (nSPS) is 10.6. The molecule has 3 aromatic carbocycles. The van der Waals surface area contributed by atoms with Crippen LogP contribution in [0.25, 0.3) is 10.9 Å². The van der Waals surface area contributed by atoms with Crippen LogP contribution in [0.2, 0.25) is 0 Å². The molecule has 0 atom stereocenters. The van der Waals surface area contributed by atoms with Gasteiger partial charge >= 0.3 is 0 Å². The van der Waals surface area contributed by atoms with Gasteiger partial charge in [0, 0.05) is 33.9 Å². The number of benzene rings is 3. The highest BCUT2D eigenvalue weighted by Crippen LogP contribution is 2.20. The number of amides is 1. The van der Waals surface area contributed by atoms with Crippen LogP contribution in [-0.2, 0) is 4.79 Å². The number of nitrogens with one attached hydrogen (secondary N) is 2. The molecule has 0 bridgehead atoms. The Morgan fingerprint density at radius 2 is 1.63 bits per heavy atom. The molecule has 0 aliphatic heterocycles. The van der Waals surface area contributed by atoms with Gasteiger partial charge < -0.3 is 15.0 Å². The number of aromatic nitrogens is 1. The summed E-state index contributed by atoms with van der Waals surface area (Å²) in [7, 11) is 1.56. The van der Waals surface area contributed by atoms with Crippen LogP contribution in [0.15, 0.2) is 79.0 Å². The molecule has 0 saturated carbocycles. The molecular weight excluding hydrogens is 380 g/mol. The second-order valence-electron chi connectivity index (χ2n) is 6.67. The van der Waals surface area contributed by atoms with Crippen molar-refractivity contribution in [2.75, 3.05) is 12.4 Å². The number of hydrogen-bond acceptors (Lipinski definition) is 4. The molecule has 4 aromatic rings. The number of aromatic amines is 1. The zero-order chi connectivity index (χ0) is 21.1. The number of para-hydroxylation sites is 1. The van der Waals surface area contributed by atoms with Gasteiger partial charge in [0.25, 0.3) is 11.7 Å². The van der Waals surface area contributed by atoms with Gasteiger partial charge in [-0.05, 0) is 42.5 Å². The van der Waals surface area contributed by atoms with Gasteiger partial charge in [0.05, 0.1) is 12.7 Å². The minimum Gasteiger partial charge on any atom is -0.497 e. The van der Waals surface area contributed by atoms with E-state index in [0.29, 0.717) is 33.5 Å². The van der Waals surface area contributed by atoms with Crippen LogP contribution in [0.1, 0.15) is 26.3 Å². The first kappa shape index (κ1) is 19.1. The number of hydrogen-bond donors (Lipinski definition) is 2. The Morgan fingerprint density at radius 3 is 2.40 bits per heavy atom. The van der Waals surface area contributed by atoms with Crippen LogP contribution in [0.3, 0.4) is 0 Å². The third-order valence-electron chi connectivity index (χ3n) is 4.77. The van der Waals surface area contributed by atoms with Crippen molar-refractivity contribution in [2.45, 2.75) is 0 Å². The SMILES string of the molecule is COc1ccc(C(=O)c2cccc(NC(=O)C(=O)c3c[nH]c4ccccc34)c2)cc1. The Labute approximate surface area is 172 Å². The van der Waals surface area contributed by atoms with E-state index in [2.05, 4.69) is 10.3 Å². The predicted molar refractivity (Wildman–Crippen MR) is 114 cm³/mol. The number of anilines is 1. The van der Waals surface area contributed by atoms with Gasteiger partial charge in [-0.15, -0.1) is 0 Å². The number of H-pyrrole nitrogens is 1. The number of carbonyl (C=O) groups excluding carboxylic acids is 3. The minimum atomic E-state index is -0.770. The molecule has 1 aromatic heterocycles. The van der Waals surface area contributed by atoms with Crippen LogP contribution in [0, 0.1) is 0 Å². The van der Waals surface area contributed by atoms with Gasteiger partial charge in [0.1, 0.15) is 5.75 Å². The molecule has 2 N–H and O–H groups in total. The fraction of sp³-hybridized carbons (Fsp3) is 0.0417. The number of ketones is 2. The lowest BCUT2D eigenvalue weighted by Crippen LogP contribution is -2.22. The lowest BCUT2D eigenvalue weighted by molar-refractivity contribution is -0.112. The molecule has 0 spiro atoms. The Balaban J connectivity index is 1.53. The van der Waals surface area contributed by atoms with E-state index in [9.17, 15) is 14.4 Å². The molecule has 0 fully saturated rings. The number of rotatable bonds is 6. The Bertz CT molecular complexity index is 1260. The van der Waals surface area contributed by atoms with Crippen LogP contribution in [0.5, 0.6) is 5.75 Å². The van der Waals surface area contributed by atoms with Crippen molar-refractivity contribution in [3.05, 3.63) is 95.7 Å². The molecule has 0 aliphatic carbocycles. The maximum atomic E-state index is 12.7. The highest BCUT2D eigenvalue weighted by molar-refractivity contribution is 6.48. The molecular formula is C24H18N2O4. The average Bonchev–Trinajstić information content (AvgIpc) is 3.22. The second-order valence-corrected chi connectivity index (χ2v) is 6.67. The maximum absolute atomic E-state index is 12.7. The summed E-state index contributed by atoms with van der Waals surface area (Å²) >= 11 is 0. The van der Waals surface area contributed by atoms with Crippen molar-refractivity contribution in [1.82, 2.24) is 4.98 Å². The van der Waals surface area contributed by atoms with E-state index in [1.165, 1.54) is 6.20 Å². The highest BCUT2D eigenvalue weighted by Gasteiger charge is 2.20. The molecule has 6 nitrogen and oxygen atoms in total. The zero-order valence-electron chi connectivity index (χ0n) is 16.1. The van der Waals surface area contributed by atoms with Crippen molar-refractivity contribution in [2.24, 2.45) is 0 Å². The largest absolute Gasteiger partial charge is 0.497 e. The van der Waals surface area contributed by atoms with Crippen molar-refractivity contribution in [3.8, 4) is 5.75 Å². The molecule has 30 heavy (non-hydrogen) atoms. The summed E-state index contributed by atoms with van der Waals surface area (Å²) in [6.07, 6.45) is 1.52. The molecule has 148 valence electrons. The van der Waals surface area contributed by atoms with E-state index in [-0.39, 0.29) is 5.78 Å². The molecule has 0 radical (unpaired) electrons. The summed E-state index contributed by atoms with van der Waals surface area (Å²) in [5, 5.41) is 3.27. The van der Waals surface area contributed by atoms with Crippen molar-refractivity contribution < 1.29 is 19.1 Å². The first-order chi connectivity index (χ1) is 14.6. The smallest absolute Gasteiger partial charge is 0.296 e. The first-order valence-electron chi connectivity index (χ1n) is 9.27. The highest BCUT2D eigenvalue weighted by atomic mass is 16.5. The summed E-state index contributed by atoms with van der Waals surface area (Å²) in [5.74, 6) is -0.965. The first-order valence-corrected chi connectivity index (χ1v) is 9.27. The third-order valence-corrected chi connectivity index (χ3v) is 4.77. The van der Waals surface area contributed by atoms with Crippen molar-refractivity contribution >= 4 is 34.1 Å². The quantitative estimate of drug-likeness (QED) is 0.376. The Kier molecular flexibility index (Phi) is 5.13.